The van der Waals surface area contributed by atoms with Crippen LogP contribution in [0.25, 0.3) is 0 Å². The van der Waals surface area contributed by atoms with Crippen LogP contribution in [0.1, 0.15) is 12.5 Å². The number of hydrogen-bond donors (Lipinski definition) is 1. The highest BCUT2D eigenvalue weighted by molar-refractivity contribution is 5.93. The standard InChI is InChI=1S/C18H18F3NO4/c1-3-25-13-5-7-14(8-6-13)26-16-9-4-12(18(19,20)21)10-15(16)22-17(23)11-24-2/h4-10H,3,11H2,1-2H3,(H,22,23). The molecule has 0 bridgehead atoms. The van der Waals surface area contributed by atoms with Crippen LogP contribution in [0.4, 0.5) is 18.9 Å². The Kier molecular flexibility index (Phi) is 6.46. The number of ether oxygens (including phenoxy) is 3. The lowest BCUT2D eigenvalue weighted by molar-refractivity contribution is -0.137. The van der Waals surface area contributed by atoms with E-state index < -0.39 is 17.6 Å². The number of methoxy groups -OCH3 is 1. The molecule has 1 N–H and O–H groups in total. The number of amides is 1. The molecule has 8 heteroatoms. The lowest BCUT2D eigenvalue weighted by atomic mass is 10.1. The van der Waals surface area contributed by atoms with Crippen molar-refractivity contribution in [2.75, 3.05) is 25.6 Å². The third-order valence-electron chi connectivity index (χ3n) is 3.22. The summed E-state index contributed by atoms with van der Waals surface area (Å²) >= 11 is 0. The molecule has 2 rings (SSSR count). The van der Waals surface area contributed by atoms with Gasteiger partial charge in [0.2, 0.25) is 5.91 Å². The molecule has 0 aliphatic carbocycles. The Balaban J connectivity index is 2.28. The van der Waals surface area contributed by atoms with E-state index in [1.807, 2.05) is 6.92 Å². The van der Waals surface area contributed by atoms with Gasteiger partial charge in [0.05, 0.1) is 17.9 Å². The minimum Gasteiger partial charge on any atom is -0.494 e. The topological polar surface area (TPSA) is 56.8 Å². The summed E-state index contributed by atoms with van der Waals surface area (Å²) < 4.78 is 54.4. The maximum atomic E-state index is 12.9. The summed E-state index contributed by atoms with van der Waals surface area (Å²) in [5.41, 5.74) is -1.000. The molecule has 0 aromatic heterocycles. The first-order chi connectivity index (χ1) is 12.3. The summed E-state index contributed by atoms with van der Waals surface area (Å²) in [5, 5.41) is 2.36. The van der Waals surface area contributed by atoms with Crippen molar-refractivity contribution >= 4 is 11.6 Å². The quantitative estimate of drug-likeness (QED) is 0.782. The van der Waals surface area contributed by atoms with Gasteiger partial charge in [0.15, 0.2) is 5.75 Å². The average Bonchev–Trinajstić information content (AvgIpc) is 2.57. The SMILES string of the molecule is CCOc1ccc(Oc2ccc(C(F)(F)F)cc2NC(=O)COC)cc1. The first-order valence-electron chi connectivity index (χ1n) is 7.74. The number of nitrogens with one attached hydrogen (secondary N) is 1. The number of rotatable bonds is 7. The summed E-state index contributed by atoms with van der Waals surface area (Å²) in [6.45, 7) is 2.06. The zero-order valence-electron chi connectivity index (χ0n) is 14.2. The van der Waals surface area contributed by atoms with Gasteiger partial charge in [0, 0.05) is 7.11 Å². The second-order valence-corrected chi connectivity index (χ2v) is 5.20. The van der Waals surface area contributed by atoms with Crippen molar-refractivity contribution in [3.05, 3.63) is 48.0 Å². The fourth-order valence-electron chi connectivity index (χ4n) is 2.11. The van der Waals surface area contributed by atoms with Crippen molar-refractivity contribution in [3.8, 4) is 17.2 Å². The molecule has 0 saturated carbocycles. The third kappa shape index (κ3) is 5.38. The van der Waals surface area contributed by atoms with Crippen LogP contribution in [-0.2, 0) is 15.7 Å². The number of benzene rings is 2. The molecule has 0 atom stereocenters. The van der Waals surface area contributed by atoms with Gasteiger partial charge in [0.25, 0.3) is 0 Å². The van der Waals surface area contributed by atoms with Crippen LogP contribution >= 0.6 is 0 Å². The fraction of sp³-hybridized carbons (Fsp3) is 0.278. The molecule has 0 radical (unpaired) electrons. The molecule has 0 saturated heterocycles. The van der Waals surface area contributed by atoms with E-state index in [4.69, 9.17) is 9.47 Å². The normalized spacial score (nSPS) is 11.1. The van der Waals surface area contributed by atoms with Gasteiger partial charge >= 0.3 is 6.18 Å². The summed E-state index contributed by atoms with van der Waals surface area (Å²) in [4.78, 5) is 11.7. The van der Waals surface area contributed by atoms with Crippen molar-refractivity contribution < 1.29 is 32.2 Å². The number of anilines is 1. The Hall–Kier alpha value is -2.74. The lowest BCUT2D eigenvalue weighted by Gasteiger charge is -2.15. The molecule has 0 aliphatic rings. The first kappa shape index (κ1) is 19.6. The number of carbonyl (C=O) groups is 1. The summed E-state index contributed by atoms with van der Waals surface area (Å²) in [5.74, 6) is 0.506. The number of carbonyl (C=O) groups excluding carboxylic acids is 1. The van der Waals surface area contributed by atoms with Crippen LogP contribution in [0.15, 0.2) is 42.5 Å². The maximum Gasteiger partial charge on any atom is 0.416 e. The molecule has 0 spiro atoms. The molecule has 0 fully saturated rings. The van der Waals surface area contributed by atoms with Gasteiger partial charge in [-0.15, -0.1) is 0 Å². The molecule has 0 aliphatic heterocycles. The predicted octanol–water partition coefficient (Wildman–Crippen LogP) is 4.48. The van der Waals surface area contributed by atoms with E-state index in [0.29, 0.717) is 18.1 Å². The lowest BCUT2D eigenvalue weighted by Crippen LogP contribution is -2.18. The minimum atomic E-state index is -4.54. The molecule has 0 unspecified atom stereocenters. The second kappa shape index (κ2) is 8.57. The Labute approximate surface area is 148 Å². The van der Waals surface area contributed by atoms with Crippen molar-refractivity contribution in [1.29, 1.82) is 0 Å². The Morgan fingerprint density at radius 1 is 1.08 bits per heavy atom. The minimum absolute atomic E-state index is 0.0756. The van der Waals surface area contributed by atoms with Crippen molar-refractivity contribution in [2.45, 2.75) is 13.1 Å². The Morgan fingerprint density at radius 3 is 2.31 bits per heavy atom. The number of halogens is 3. The Morgan fingerprint density at radius 2 is 1.73 bits per heavy atom. The van der Waals surface area contributed by atoms with Crippen LogP contribution in [0.3, 0.4) is 0 Å². The third-order valence-corrected chi connectivity index (χ3v) is 3.22. The van der Waals surface area contributed by atoms with Gasteiger partial charge < -0.3 is 19.5 Å². The molecule has 2 aromatic rings. The monoisotopic (exact) mass is 369 g/mol. The van der Waals surface area contributed by atoms with Crippen LogP contribution in [-0.4, -0.2) is 26.2 Å². The molecule has 26 heavy (non-hydrogen) atoms. The highest BCUT2D eigenvalue weighted by atomic mass is 19.4. The van der Waals surface area contributed by atoms with E-state index in [0.717, 1.165) is 18.2 Å². The van der Waals surface area contributed by atoms with Crippen molar-refractivity contribution in [2.24, 2.45) is 0 Å². The van der Waals surface area contributed by atoms with Crippen LogP contribution in [0.5, 0.6) is 17.2 Å². The second-order valence-electron chi connectivity index (χ2n) is 5.20. The molecular formula is C18H18F3NO4. The molecule has 140 valence electrons. The van der Waals surface area contributed by atoms with Gasteiger partial charge in [-0.05, 0) is 49.4 Å². The number of hydrogen-bond acceptors (Lipinski definition) is 4. The molecule has 0 heterocycles. The molecule has 1 amide bonds. The van der Waals surface area contributed by atoms with Gasteiger partial charge in [-0.1, -0.05) is 0 Å². The van der Waals surface area contributed by atoms with Crippen LogP contribution < -0.4 is 14.8 Å². The van der Waals surface area contributed by atoms with Gasteiger partial charge in [-0.3, -0.25) is 4.79 Å². The maximum absolute atomic E-state index is 12.9. The molecule has 2 aromatic carbocycles. The highest BCUT2D eigenvalue weighted by Crippen LogP contribution is 2.37. The predicted molar refractivity (Wildman–Crippen MR) is 89.6 cm³/mol. The fourth-order valence-corrected chi connectivity index (χ4v) is 2.11. The summed E-state index contributed by atoms with van der Waals surface area (Å²) in [6.07, 6.45) is -4.54. The van der Waals surface area contributed by atoms with E-state index in [9.17, 15) is 18.0 Å². The average molecular weight is 369 g/mol. The van der Waals surface area contributed by atoms with Crippen LogP contribution in [0, 0.1) is 0 Å². The van der Waals surface area contributed by atoms with E-state index in [-0.39, 0.29) is 18.0 Å². The zero-order valence-corrected chi connectivity index (χ0v) is 14.2. The largest absolute Gasteiger partial charge is 0.494 e. The number of alkyl halides is 3. The van der Waals surface area contributed by atoms with Gasteiger partial charge in [-0.25, -0.2) is 0 Å². The van der Waals surface area contributed by atoms with Crippen molar-refractivity contribution in [1.82, 2.24) is 0 Å². The van der Waals surface area contributed by atoms with E-state index in [1.54, 1.807) is 24.3 Å². The van der Waals surface area contributed by atoms with E-state index in [1.165, 1.54) is 7.11 Å². The van der Waals surface area contributed by atoms with Crippen molar-refractivity contribution in [3.63, 3.8) is 0 Å². The molecule has 5 nitrogen and oxygen atoms in total. The highest BCUT2D eigenvalue weighted by Gasteiger charge is 2.31. The van der Waals surface area contributed by atoms with Crippen LogP contribution in [0.2, 0.25) is 0 Å². The smallest absolute Gasteiger partial charge is 0.416 e. The first-order valence-corrected chi connectivity index (χ1v) is 7.74. The zero-order chi connectivity index (χ0) is 19.2. The van der Waals surface area contributed by atoms with E-state index >= 15 is 0 Å². The Bertz CT molecular complexity index is 745. The van der Waals surface area contributed by atoms with E-state index in [2.05, 4.69) is 10.1 Å². The summed E-state index contributed by atoms with van der Waals surface area (Å²) in [7, 11) is 1.31. The molecular weight excluding hydrogens is 351 g/mol. The van der Waals surface area contributed by atoms with Gasteiger partial charge in [-0.2, -0.15) is 13.2 Å². The summed E-state index contributed by atoms with van der Waals surface area (Å²) in [6, 6.07) is 9.43. The van der Waals surface area contributed by atoms with Gasteiger partial charge in [0.1, 0.15) is 18.1 Å².